The van der Waals surface area contributed by atoms with Crippen molar-refractivity contribution < 1.29 is 14.6 Å². The van der Waals surface area contributed by atoms with E-state index in [2.05, 4.69) is 5.32 Å². The number of rotatable bonds is 5. The highest BCUT2D eigenvalue weighted by molar-refractivity contribution is 6.30. The van der Waals surface area contributed by atoms with Crippen LogP contribution in [0.1, 0.15) is 22.0 Å². The molecule has 21 heavy (non-hydrogen) atoms. The second kappa shape index (κ2) is 7.11. The van der Waals surface area contributed by atoms with Gasteiger partial charge in [-0.3, -0.25) is 4.79 Å². The van der Waals surface area contributed by atoms with Crippen molar-refractivity contribution in [2.24, 2.45) is 0 Å². The summed E-state index contributed by atoms with van der Waals surface area (Å²) in [6.45, 7) is -0.189. The molecular weight excluding hydrogens is 290 g/mol. The van der Waals surface area contributed by atoms with Crippen LogP contribution >= 0.6 is 11.6 Å². The first-order valence-electron chi connectivity index (χ1n) is 6.46. The summed E-state index contributed by atoms with van der Waals surface area (Å²) in [4.78, 5) is 12.3. The fraction of sp³-hybridized carbons (Fsp3) is 0.188. The molecule has 0 bridgehead atoms. The topological polar surface area (TPSA) is 58.6 Å². The van der Waals surface area contributed by atoms with Crippen molar-refractivity contribution in [1.29, 1.82) is 0 Å². The average molecular weight is 306 g/mol. The van der Waals surface area contributed by atoms with Gasteiger partial charge < -0.3 is 15.2 Å². The van der Waals surface area contributed by atoms with Gasteiger partial charge in [-0.1, -0.05) is 41.9 Å². The molecule has 0 aliphatic rings. The summed E-state index contributed by atoms with van der Waals surface area (Å²) in [6.07, 6.45) is 0. The van der Waals surface area contributed by atoms with Crippen molar-refractivity contribution >= 4 is 17.5 Å². The predicted octanol–water partition coefficient (Wildman–Crippen LogP) is 2.81. The first kappa shape index (κ1) is 15.4. The zero-order valence-electron chi connectivity index (χ0n) is 11.5. The molecule has 0 saturated heterocycles. The highest BCUT2D eigenvalue weighted by Crippen LogP contribution is 2.24. The monoisotopic (exact) mass is 305 g/mol. The number of carbonyl (C=O) groups excluding carboxylic acids is 1. The van der Waals surface area contributed by atoms with E-state index in [1.54, 1.807) is 18.2 Å². The van der Waals surface area contributed by atoms with E-state index in [0.29, 0.717) is 16.3 Å². The van der Waals surface area contributed by atoms with Crippen LogP contribution in [-0.4, -0.2) is 24.7 Å². The van der Waals surface area contributed by atoms with Gasteiger partial charge in [-0.15, -0.1) is 0 Å². The molecule has 2 aromatic rings. The Bertz CT molecular complexity index is 616. The molecule has 0 unspecified atom stereocenters. The number of halogens is 1. The molecule has 1 amide bonds. The van der Waals surface area contributed by atoms with Gasteiger partial charge in [0.25, 0.3) is 5.91 Å². The number of amides is 1. The predicted molar refractivity (Wildman–Crippen MR) is 81.7 cm³/mol. The third kappa shape index (κ3) is 3.74. The van der Waals surface area contributed by atoms with E-state index in [1.807, 2.05) is 30.3 Å². The van der Waals surface area contributed by atoms with Crippen LogP contribution in [0.15, 0.2) is 48.5 Å². The van der Waals surface area contributed by atoms with Gasteiger partial charge in [0.2, 0.25) is 0 Å². The Morgan fingerprint density at radius 1 is 1.29 bits per heavy atom. The van der Waals surface area contributed by atoms with Gasteiger partial charge in [-0.2, -0.15) is 0 Å². The molecule has 110 valence electrons. The average Bonchev–Trinajstić information content (AvgIpc) is 2.53. The third-order valence-electron chi connectivity index (χ3n) is 3.10. The molecule has 0 aliphatic carbocycles. The zero-order valence-corrected chi connectivity index (χ0v) is 12.3. The van der Waals surface area contributed by atoms with Crippen LogP contribution in [0, 0.1) is 0 Å². The number of ether oxygens (including phenoxy) is 1. The molecule has 0 spiro atoms. The number of aliphatic hydroxyl groups excluding tert-OH is 1. The van der Waals surface area contributed by atoms with Crippen LogP contribution in [0.4, 0.5) is 0 Å². The third-order valence-corrected chi connectivity index (χ3v) is 3.33. The Labute approximate surface area is 128 Å². The molecule has 0 aliphatic heterocycles. The minimum Gasteiger partial charge on any atom is -0.496 e. The summed E-state index contributed by atoms with van der Waals surface area (Å²) in [7, 11) is 1.48. The lowest BCUT2D eigenvalue weighted by atomic mass is 10.1. The van der Waals surface area contributed by atoms with E-state index in [0.717, 1.165) is 5.56 Å². The van der Waals surface area contributed by atoms with Crippen LogP contribution in [0.5, 0.6) is 5.75 Å². The summed E-state index contributed by atoms with van der Waals surface area (Å²) in [6, 6.07) is 13.6. The highest BCUT2D eigenvalue weighted by Gasteiger charge is 2.18. The highest BCUT2D eigenvalue weighted by atomic mass is 35.5. The van der Waals surface area contributed by atoms with Gasteiger partial charge in [-0.25, -0.2) is 0 Å². The molecule has 2 N–H and O–H groups in total. The zero-order chi connectivity index (χ0) is 15.2. The van der Waals surface area contributed by atoms with Gasteiger partial charge in [-0.05, 0) is 23.8 Å². The minimum atomic E-state index is -0.473. The van der Waals surface area contributed by atoms with Crippen molar-refractivity contribution in [2.75, 3.05) is 13.7 Å². The van der Waals surface area contributed by atoms with E-state index in [9.17, 15) is 9.90 Å². The first-order valence-corrected chi connectivity index (χ1v) is 6.83. The van der Waals surface area contributed by atoms with E-state index in [1.165, 1.54) is 7.11 Å². The second-order valence-corrected chi connectivity index (χ2v) is 4.90. The summed E-state index contributed by atoms with van der Waals surface area (Å²) in [5.41, 5.74) is 1.21. The Hall–Kier alpha value is -2.04. The number of methoxy groups -OCH3 is 1. The molecule has 0 fully saturated rings. The second-order valence-electron chi connectivity index (χ2n) is 4.46. The van der Waals surface area contributed by atoms with Crippen molar-refractivity contribution in [2.45, 2.75) is 6.04 Å². The SMILES string of the molecule is COc1cc(Cl)ccc1C(=O)N[C@@H](CO)c1ccccc1. The Morgan fingerprint density at radius 3 is 2.62 bits per heavy atom. The molecule has 5 heteroatoms. The van der Waals surface area contributed by atoms with E-state index < -0.39 is 6.04 Å². The number of aliphatic hydroxyl groups is 1. The molecule has 0 radical (unpaired) electrons. The Morgan fingerprint density at radius 2 is 2.00 bits per heavy atom. The van der Waals surface area contributed by atoms with Crippen molar-refractivity contribution in [3.63, 3.8) is 0 Å². The quantitative estimate of drug-likeness (QED) is 0.893. The summed E-state index contributed by atoms with van der Waals surface area (Å²) >= 11 is 5.88. The van der Waals surface area contributed by atoms with Crippen molar-refractivity contribution in [3.05, 3.63) is 64.7 Å². The van der Waals surface area contributed by atoms with Crippen LogP contribution in [0.3, 0.4) is 0 Å². The standard InChI is InChI=1S/C16H16ClNO3/c1-21-15-9-12(17)7-8-13(15)16(20)18-14(10-19)11-5-3-2-4-6-11/h2-9,14,19H,10H2,1H3,(H,18,20)/t14-/m0/s1. The van der Waals surface area contributed by atoms with Gasteiger partial charge in [0.1, 0.15) is 5.75 Å². The number of carbonyl (C=O) groups is 1. The first-order chi connectivity index (χ1) is 10.2. The number of nitrogens with one attached hydrogen (secondary N) is 1. The van der Waals surface area contributed by atoms with E-state index in [4.69, 9.17) is 16.3 Å². The Balaban J connectivity index is 2.21. The lowest BCUT2D eigenvalue weighted by Crippen LogP contribution is -2.31. The maximum absolute atomic E-state index is 12.3. The van der Waals surface area contributed by atoms with Crippen LogP contribution in [0.2, 0.25) is 5.02 Å². The minimum absolute atomic E-state index is 0.189. The summed E-state index contributed by atoms with van der Waals surface area (Å²) in [5, 5.41) is 12.8. The summed E-state index contributed by atoms with van der Waals surface area (Å²) in [5.74, 6) is 0.0659. The lowest BCUT2D eigenvalue weighted by Gasteiger charge is -2.17. The Kier molecular flexibility index (Phi) is 5.20. The molecule has 4 nitrogen and oxygen atoms in total. The van der Waals surface area contributed by atoms with Crippen LogP contribution in [0.25, 0.3) is 0 Å². The van der Waals surface area contributed by atoms with E-state index >= 15 is 0 Å². The normalized spacial score (nSPS) is 11.8. The summed E-state index contributed by atoms with van der Waals surface area (Å²) < 4.78 is 5.16. The van der Waals surface area contributed by atoms with Crippen molar-refractivity contribution in [3.8, 4) is 5.75 Å². The van der Waals surface area contributed by atoms with Gasteiger partial charge >= 0.3 is 0 Å². The van der Waals surface area contributed by atoms with Crippen molar-refractivity contribution in [1.82, 2.24) is 5.32 Å². The van der Waals surface area contributed by atoms with Crippen LogP contribution in [-0.2, 0) is 0 Å². The van der Waals surface area contributed by atoms with Gasteiger partial charge in [0.05, 0.1) is 25.3 Å². The largest absolute Gasteiger partial charge is 0.496 e. The molecule has 0 saturated carbocycles. The molecule has 1 atom stereocenters. The fourth-order valence-corrected chi connectivity index (χ4v) is 2.17. The maximum Gasteiger partial charge on any atom is 0.255 e. The number of hydrogen-bond acceptors (Lipinski definition) is 3. The molecule has 0 aromatic heterocycles. The molecular formula is C16H16ClNO3. The molecule has 0 heterocycles. The molecule has 2 aromatic carbocycles. The fourth-order valence-electron chi connectivity index (χ4n) is 2.01. The molecule has 2 rings (SSSR count). The van der Waals surface area contributed by atoms with Crippen LogP contribution < -0.4 is 10.1 Å². The van der Waals surface area contributed by atoms with Gasteiger partial charge in [0, 0.05) is 5.02 Å². The smallest absolute Gasteiger partial charge is 0.255 e. The van der Waals surface area contributed by atoms with Gasteiger partial charge in [0.15, 0.2) is 0 Å². The number of hydrogen-bond donors (Lipinski definition) is 2. The van der Waals surface area contributed by atoms with E-state index in [-0.39, 0.29) is 12.5 Å². The maximum atomic E-state index is 12.3. The lowest BCUT2D eigenvalue weighted by molar-refractivity contribution is 0.0913. The number of benzene rings is 2.